The van der Waals surface area contributed by atoms with Crippen LogP contribution in [0, 0.1) is 0 Å². The fourth-order valence-electron chi connectivity index (χ4n) is 1.28. The van der Waals surface area contributed by atoms with Crippen LogP contribution in [0.3, 0.4) is 0 Å². The zero-order chi connectivity index (χ0) is 11.4. The third-order valence-electron chi connectivity index (χ3n) is 2.07. The van der Waals surface area contributed by atoms with Crippen LogP contribution in [0.5, 0.6) is 0 Å². The number of benzene rings is 1. The van der Waals surface area contributed by atoms with Crippen molar-refractivity contribution in [3.8, 4) is 0 Å². The van der Waals surface area contributed by atoms with Crippen LogP contribution in [-0.4, -0.2) is 21.3 Å². The van der Waals surface area contributed by atoms with Crippen molar-refractivity contribution in [2.75, 3.05) is 0 Å². The molecule has 0 aliphatic rings. The van der Waals surface area contributed by atoms with Gasteiger partial charge in [0.2, 0.25) is 0 Å². The maximum absolute atomic E-state index is 10.6. The first kappa shape index (κ1) is 10.2. The predicted octanol–water partition coefficient (Wildman–Crippen LogP) is 2.28. The van der Waals surface area contributed by atoms with Gasteiger partial charge in [0.15, 0.2) is 5.69 Å². The summed E-state index contributed by atoms with van der Waals surface area (Å²) in [7, 11) is 0. The monoisotopic (exact) mass is 214 g/mol. The standard InChI is InChI=1S/C12H10N2O2/c15-12(16)11-8-10(13-14-11)7-6-9-4-2-1-3-5-9/h1-8H,(H,13,14)(H,15,16)/b7-6+. The number of H-pyrrole nitrogens is 1. The Morgan fingerprint density at radius 3 is 2.62 bits per heavy atom. The first-order chi connectivity index (χ1) is 7.75. The van der Waals surface area contributed by atoms with Gasteiger partial charge in [0.05, 0.1) is 5.69 Å². The molecule has 0 aliphatic carbocycles. The summed E-state index contributed by atoms with van der Waals surface area (Å²) in [5.74, 6) is -1.03. The van der Waals surface area contributed by atoms with E-state index < -0.39 is 5.97 Å². The number of hydrogen-bond donors (Lipinski definition) is 2. The lowest BCUT2D eigenvalue weighted by Gasteiger charge is -1.89. The largest absolute Gasteiger partial charge is 0.476 e. The zero-order valence-corrected chi connectivity index (χ0v) is 8.42. The van der Waals surface area contributed by atoms with Crippen molar-refractivity contribution in [1.29, 1.82) is 0 Å². The van der Waals surface area contributed by atoms with Gasteiger partial charge in [-0.15, -0.1) is 0 Å². The SMILES string of the molecule is O=C(O)c1cc(/C=C/c2ccccc2)[nH]n1. The molecule has 4 nitrogen and oxygen atoms in total. The maximum atomic E-state index is 10.6. The Hall–Kier alpha value is -2.36. The van der Waals surface area contributed by atoms with E-state index in [1.165, 1.54) is 6.07 Å². The van der Waals surface area contributed by atoms with Crippen LogP contribution in [0.25, 0.3) is 12.2 Å². The van der Waals surface area contributed by atoms with E-state index in [9.17, 15) is 4.79 Å². The van der Waals surface area contributed by atoms with Gasteiger partial charge in [0.1, 0.15) is 0 Å². The second-order valence-corrected chi connectivity index (χ2v) is 3.26. The van der Waals surface area contributed by atoms with Gasteiger partial charge in [-0.25, -0.2) is 4.79 Å². The number of hydrogen-bond acceptors (Lipinski definition) is 2. The van der Waals surface area contributed by atoms with Crippen molar-refractivity contribution in [3.63, 3.8) is 0 Å². The van der Waals surface area contributed by atoms with Crippen LogP contribution < -0.4 is 0 Å². The number of carboxylic acids is 1. The van der Waals surface area contributed by atoms with Gasteiger partial charge >= 0.3 is 5.97 Å². The van der Waals surface area contributed by atoms with E-state index >= 15 is 0 Å². The quantitative estimate of drug-likeness (QED) is 0.823. The Bertz CT molecular complexity index is 515. The Kier molecular flexibility index (Phi) is 2.82. The number of nitrogens with one attached hydrogen (secondary N) is 1. The van der Waals surface area contributed by atoms with E-state index in [0.717, 1.165) is 5.56 Å². The van der Waals surface area contributed by atoms with Crippen LogP contribution in [0.1, 0.15) is 21.7 Å². The summed E-state index contributed by atoms with van der Waals surface area (Å²) in [6.45, 7) is 0. The van der Waals surface area contributed by atoms with Gasteiger partial charge in [0.25, 0.3) is 0 Å². The van der Waals surface area contributed by atoms with Crippen molar-refractivity contribution in [2.24, 2.45) is 0 Å². The fourth-order valence-corrected chi connectivity index (χ4v) is 1.28. The molecule has 0 saturated carbocycles. The Balaban J connectivity index is 2.15. The summed E-state index contributed by atoms with van der Waals surface area (Å²) in [5.41, 5.74) is 1.74. The van der Waals surface area contributed by atoms with Crippen LogP contribution in [0.15, 0.2) is 36.4 Å². The van der Waals surface area contributed by atoms with Crippen LogP contribution in [-0.2, 0) is 0 Å². The Morgan fingerprint density at radius 2 is 2.00 bits per heavy atom. The van der Waals surface area contributed by atoms with Gasteiger partial charge in [-0.2, -0.15) is 5.10 Å². The summed E-state index contributed by atoms with van der Waals surface area (Å²) in [5, 5.41) is 15.0. The molecule has 0 atom stereocenters. The second-order valence-electron chi connectivity index (χ2n) is 3.26. The van der Waals surface area contributed by atoms with E-state index in [0.29, 0.717) is 5.69 Å². The molecule has 80 valence electrons. The average Bonchev–Trinajstić information content (AvgIpc) is 2.76. The van der Waals surface area contributed by atoms with Crippen LogP contribution >= 0.6 is 0 Å². The van der Waals surface area contributed by atoms with Gasteiger partial charge in [-0.3, -0.25) is 5.10 Å². The van der Waals surface area contributed by atoms with Crippen LogP contribution in [0.2, 0.25) is 0 Å². The molecule has 1 aromatic heterocycles. The number of aromatic carboxylic acids is 1. The summed E-state index contributed by atoms with van der Waals surface area (Å²) in [6, 6.07) is 11.2. The third-order valence-corrected chi connectivity index (χ3v) is 2.07. The van der Waals surface area contributed by atoms with Gasteiger partial charge in [0, 0.05) is 0 Å². The van der Waals surface area contributed by atoms with Gasteiger partial charge in [-0.1, -0.05) is 36.4 Å². The van der Waals surface area contributed by atoms with Crippen molar-refractivity contribution >= 4 is 18.1 Å². The number of aromatic amines is 1. The molecule has 0 bridgehead atoms. The van der Waals surface area contributed by atoms with Gasteiger partial charge in [-0.05, 0) is 17.7 Å². The first-order valence-corrected chi connectivity index (χ1v) is 4.77. The molecule has 0 aliphatic heterocycles. The number of nitrogens with zero attached hydrogens (tertiary/aromatic N) is 1. The van der Waals surface area contributed by atoms with Gasteiger partial charge < -0.3 is 5.11 Å². The van der Waals surface area contributed by atoms with E-state index in [4.69, 9.17) is 5.11 Å². The van der Waals surface area contributed by atoms with Crippen molar-refractivity contribution in [2.45, 2.75) is 0 Å². The molecular formula is C12H10N2O2. The minimum atomic E-state index is -1.03. The molecular weight excluding hydrogens is 204 g/mol. The first-order valence-electron chi connectivity index (χ1n) is 4.77. The minimum absolute atomic E-state index is 0.0210. The highest BCUT2D eigenvalue weighted by Gasteiger charge is 2.05. The number of aromatic nitrogens is 2. The molecule has 0 fully saturated rings. The summed E-state index contributed by atoms with van der Waals surface area (Å²) >= 11 is 0. The topological polar surface area (TPSA) is 66.0 Å². The molecule has 0 saturated heterocycles. The summed E-state index contributed by atoms with van der Waals surface area (Å²) in [4.78, 5) is 10.6. The molecule has 1 aromatic carbocycles. The number of rotatable bonds is 3. The zero-order valence-electron chi connectivity index (χ0n) is 8.42. The smallest absolute Gasteiger partial charge is 0.356 e. The Morgan fingerprint density at radius 1 is 1.25 bits per heavy atom. The molecule has 1 heterocycles. The van der Waals surface area contributed by atoms with Crippen molar-refractivity contribution in [1.82, 2.24) is 10.2 Å². The highest BCUT2D eigenvalue weighted by Crippen LogP contribution is 2.07. The highest BCUT2D eigenvalue weighted by molar-refractivity contribution is 5.86. The molecule has 0 amide bonds. The highest BCUT2D eigenvalue weighted by atomic mass is 16.4. The fraction of sp³-hybridized carbons (Fsp3) is 0. The summed E-state index contributed by atoms with van der Waals surface area (Å²) in [6.07, 6.45) is 3.67. The second kappa shape index (κ2) is 4.44. The third kappa shape index (κ3) is 2.36. The normalized spacial score (nSPS) is 10.8. The average molecular weight is 214 g/mol. The lowest BCUT2D eigenvalue weighted by atomic mass is 10.2. The molecule has 0 unspecified atom stereocenters. The molecule has 2 N–H and O–H groups in total. The lowest BCUT2D eigenvalue weighted by Crippen LogP contribution is -1.95. The van der Waals surface area contributed by atoms with Crippen molar-refractivity contribution < 1.29 is 9.90 Å². The number of carboxylic acid groups (broad SMARTS) is 1. The molecule has 4 heteroatoms. The lowest BCUT2D eigenvalue weighted by molar-refractivity contribution is 0.0690. The molecule has 0 spiro atoms. The molecule has 0 radical (unpaired) electrons. The summed E-state index contributed by atoms with van der Waals surface area (Å²) < 4.78 is 0. The maximum Gasteiger partial charge on any atom is 0.356 e. The van der Waals surface area contributed by atoms with Crippen molar-refractivity contribution in [3.05, 3.63) is 53.3 Å². The predicted molar refractivity (Wildman–Crippen MR) is 60.9 cm³/mol. The minimum Gasteiger partial charge on any atom is -0.476 e. The van der Waals surface area contributed by atoms with Crippen LogP contribution in [0.4, 0.5) is 0 Å². The molecule has 2 rings (SSSR count). The van der Waals surface area contributed by atoms with E-state index in [1.807, 2.05) is 36.4 Å². The number of carbonyl (C=O) groups is 1. The molecule has 16 heavy (non-hydrogen) atoms. The van der Waals surface area contributed by atoms with E-state index in [2.05, 4.69) is 10.2 Å². The Labute approximate surface area is 92.2 Å². The molecule has 2 aromatic rings. The van der Waals surface area contributed by atoms with E-state index in [-0.39, 0.29) is 5.69 Å². The van der Waals surface area contributed by atoms with E-state index in [1.54, 1.807) is 6.08 Å².